The Morgan fingerprint density at radius 3 is 2.59 bits per heavy atom. The van der Waals surface area contributed by atoms with Crippen molar-refractivity contribution in [1.82, 2.24) is 14.9 Å². The molecule has 1 heterocycles. The lowest BCUT2D eigenvalue weighted by Crippen LogP contribution is -2.33. The lowest BCUT2D eigenvalue weighted by Gasteiger charge is -2.06. The molecular weight excluding hydrogens is 216 g/mol. The average molecular weight is 230 g/mol. The zero-order chi connectivity index (χ0) is 12.3. The Balaban J connectivity index is 2.52. The zero-order valence-electron chi connectivity index (χ0n) is 9.63. The molecule has 0 saturated heterocycles. The molecule has 2 N–H and O–H groups in total. The van der Waals surface area contributed by atoms with Crippen molar-refractivity contribution in [3.63, 3.8) is 0 Å². The number of hydrogen-bond acceptors (Lipinski definition) is 4. The number of nitrogens with zero attached hydrogens (tertiary/aromatic N) is 3. The molecule has 0 unspecified atom stereocenters. The molecule has 0 spiro atoms. The van der Waals surface area contributed by atoms with Gasteiger partial charge in [0.1, 0.15) is 0 Å². The second kappa shape index (κ2) is 4.78. The van der Waals surface area contributed by atoms with Crippen LogP contribution in [0.2, 0.25) is 0 Å². The van der Waals surface area contributed by atoms with Crippen LogP contribution < -0.4 is 11.4 Å². The van der Waals surface area contributed by atoms with Gasteiger partial charge in [0.05, 0.1) is 0 Å². The first-order valence-corrected chi connectivity index (χ1v) is 5.53. The fourth-order valence-electron chi connectivity index (χ4n) is 1.60. The third-order valence-electron chi connectivity index (χ3n) is 2.49. The van der Waals surface area contributed by atoms with Crippen molar-refractivity contribution in [3.8, 4) is 11.3 Å². The molecule has 2 rings (SSSR count). The van der Waals surface area contributed by atoms with Gasteiger partial charge in [-0.2, -0.15) is 0 Å². The summed E-state index contributed by atoms with van der Waals surface area (Å²) >= 11 is 0. The Morgan fingerprint density at radius 2 is 1.94 bits per heavy atom. The molecular formula is C12H14N4O. The van der Waals surface area contributed by atoms with Gasteiger partial charge >= 0.3 is 0 Å². The normalized spacial score (nSPS) is 10.4. The number of nitrogens with two attached hydrogens (primary N) is 1. The molecule has 17 heavy (non-hydrogen) atoms. The Kier molecular flexibility index (Phi) is 3.18. The van der Waals surface area contributed by atoms with Gasteiger partial charge in [0.15, 0.2) is 11.5 Å². The van der Waals surface area contributed by atoms with Crippen LogP contribution >= 0.6 is 0 Å². The van der Waals surface area contributed by atoms with E-state index in [0.717, 1.165) is 16.7 Å². The Labute approximate surface area is 98.9 Å². The molecule has 0 aliphatic carbocycles. The van der Waals surface area contributed by atoms with E-state index < -0.39 is 0 Å². The van der Waals surface area contributed by atoms with Crippen LogP contribution in [0.5, 0.6) is 0 Å². The highest BCUT2D eigenvalue weighted by Gasteiger charge is 2.10. The number of nitrogen functional groups attached to an aromatic ring is 1. The van der Waals surface area contributed by atoms with Gasteiger partial charge in [0.2, 0.25) is 0 Å². The minimum absolute atomic E-state index is 0.285. The van der Waals surface area contributed by atoms with Crippen molar-refractivity contribution in [1.29, 1.82) is 0 Å². The summed E-state index contributed by atoms with van der Waals surface area (Å²) in [6.07, 6.45) is 1.52. The predicted molar refractivity (Wildman–Crippen MR) is 65.9 cm³/mol. The summed E-state index contributed by atoms with van der Waals surface area (Å²) in [6.45, 7) is 2.00. The molecule has 0 bridgehead atoms. The van der Waals surface area contributed by atoms with E-state index in [2.05, 4.69) is 10.2 Å². The molecule has 0 atom stereocenters. The Morgan fingerprint density at radius 1 is 1.24 bits per heavy atom. The fourth-order valence-corrected chi connectivity index (χ4v) is 1.60. The second-order valence-electron chi connectivity index (χ2n) is 3.76. The molecule has 0 saturated carbocycles. The third kappa shape index (κ3) is 2.18. The Hall–Kier alpha value is -2.17. The topological polar surface area (TPSA) is 73.8 Å². The molecule has 0 radical (unpaired) electrons. The summed E-state index contributed by atoms with van der Waals surface area (Å²) < 4.78 is 1.08. The molecule has 1 aromatic heterocycles. The first-order chi connectivity index (χ1) is 8.24. The van der Waals surface area contributed by atoms with E-state index in [9.17, 15) is 4.79 Å². The Bertz CT molecular complexity index is 562. The van der Waals surface area contributed by atoms with E-state index in [0.29, 0.717) is 12.2 Å². The molecule has 0 aliphatic rings. The first-order valence-electron chi connectivity index (χ1n) is 5.53. The minimum Gasteiger partial charge on any atom is -0.335 e. The molecule has 5 heteroatoms. The maximum Gasteiger partial charge on any atom is 0.298 e. The largest absolute Gasteiger partial charge is 0.335 e. The standard InChI is InChI=1S/C12H14N4O/c1-2-6-10-14-15-11(12(17)16(10)13)9-7-4-3-5-8-9/h3-5,7-8H,2,6,13H2,1H3. The van der Waals surface area contributed by atoms with E-state index >= 15 is 0 Å². The van der Waals surface area contributed by atoms with Crippen LogP contribution in [0.3, 0.4) is 0 Å². The number of aromatic nitrogens is 3. The summed E-state index contributed by atoms with van der Waals surface area (Å²) in [4.78, 5) is 12.0. The van der Waals surface area contributed by atoms with Crippen molar-refractivity contribution in [2.75, 3.05) is 5.84 Å². The third-order valence-corrected chi connectivity index (χ3v) is 2.49. The zero-order valence-corrected chi connectivity index (χ0v) is 9.63. The second-order valence-corrected chi connectivity index (χ2v) is 3.76. The van der Waals surface area contributed by atoms with Gasteiger partial charge in [0.25, 0.3) is 5.56 Å². The predicted octanol–water partition coefficient (Wildman–Crippen LogP) is 0.972. The summed E-state index contributed by atoms with van der Waals surface area (Å²) in [5.41, 5.74) is 0.704. The number of hydrogen-bond donors (Lipinski definition) is 1. The highest BCUT2D eigenvalue weighted by Crippen LogP contribution is 2.10. The van der Waals surface area contributed by atoms with Crippen LogP contribution in [0.1, 0.15) is 19.2 Å². The van der Waals surface area contributed by atoms with Crippen molar-refractivity contribution >= 4 is 0 Å². The molecule has 0 fully saturated rings. The lowest BCUT2D eigenvalue weighted by molar-refractivity contribution is 0.701. The van der Waals surface area contributed by atoms with E-state index in [-0.39, 0.29) is 11.3 Å². The highest BCUT2D eigenvalue weighted by atomic mass is 16.1. The van der Waals surface area contributed by atoms with Crippen molar-refractivity contribution < 1.29 is 0 Å². The van der Waals surface area contributed by atoms with E-state index in [1.54, 1.807) is 0 Å². The van der Waals surface area contributed by atoms with E-state index in [1.165, 1.54) is 0 Å². The van der Waals surface area contributed by atoms with Crippen LogP contribution in [0.25, 0.3) is 11.3 Å². The fraction of sp³-hybridized carbons (Fsp3) is 0.250. The van der Waals surface area contributed by atoms with Crippen molar-refractivity contribution in [2.24, 2.45) is 0 Å². The minimum atomic E-state index is -0.311. The van der Waals surface area contributed by atoms with Crippen molar-refractivity contribution in [3.05, 3.63) is 46.5 Å². The van der Waals surface area contributed by atoms with Crippen LogP contribution in [-0.4, -0.2) is 14.9 Å². The van der Waals surface area contributed by atoms with Crippen LogP contribution in [-0.2, 0) is 6.42 Å². The van der Waals surface area contributed by atoms with Crippen LogP contribution in [0.15, 0.2) is 35.1 Å². The summed E-state index contributed by atoms with van der Waals surface area (Å²) in [5, 5.41) is 7.96. The van der Waals surface area contributed by atoms with Gasteiger partial charge in [-0.05, 0) is 6.42 Å². The maximum absolute atomic E-state index is 12.0. The van der Waals surface area contributed by atoms with Crippen molar-refractivity contribution in [2.45, 2.75) is 19.8 Å². The number of rotatable bonds is 3. The summed E-state index contributed by atoms with van der Waals surface area (Å²) in [7, 11) is 0. The molecule has 0 amide bonds. The SMILES string of the molecule is CCCc1nnc(-c2ccccc2)c(=O)n1N. The molecule has 2 aromatic rings. The van der Waals surface area contributed by atoms with Crippen LogP contribution in [0.4, 0.5) is 0 Å². The average Bonchev–Trinajstić information content (AvgIpc) is 2.36. The molecule has 5 nitrogen and oxygen atoms in total. The van der Waals surface area contributed by atoms with Crippen LogP contribution in [0, 0.1) is 0 Å². The maximum atomic E-state index is 12.0. The monoisotopic (exact) mass is 230 g/mol. The summed E-state index contributed by atoms with van der Waals surface area (Å²) in [5.74, 6) is 6.22. The van der Waals surface area contributed by atoms with Gasteiger partial charge in [-0.25, -0.2) is 4.68 Å². The smallest absolute Gasteiger partial charge is 0.298 e. The van der Waals surface area contributed by atoms with Gasteiger partial charge in [-0.15, -0.1) is 10.2 Å². The first kappa shape index (κ1) is 11.3. The van der Waals surface area contributed by atoms with E-state index in [4.69, 9.17) is 5.84 Å². The molecule has 88 valence electrons. The van der Waals surface area contributed by atoms with Gasteiger partial charge in [0, 0.05) is 12.0 Å². The van der Waals surface area contributed by atoms with E-state index in [1.807, 2.05) is 37.3 Å². The highest BCUT2D eigenvalue weighted by molar-refractivity contribution is 5.57. The number of benzene rings is 1. The van der Waals surface area contributed by atoms with Gasteiger partial charge < -0.3 is 5.84 Å². The molecule has 0 aliphatic heterocycles. The quantitative estimate of drug-likeness (QED) is 0.797. The lowest BCUT2D eigenvalue weighted by atomic mass is 10.2. The van der Waals surface area contributed by atoms with Gasteiger partial charge in [-0.1, -0.05) is 37.3 Å². The van der Waals surface area contributed by atoms with Gasteiger partial charge in [-0.3, -0.25) is 4.79 Å². The number of aryl methyl sites for hydroxylation is 1. The summed E-state index contributed by atoms with van der Waals surface area (Å²) in [6, 6.07) is 9.19. The molecule has 1 aromatic carbocycles.